The van der Waals surface area contributed by atoms with Crippen LogP contribution < -0.4 is 5.32 Å². The number of nitrogens with zero attached hydrogens (tertiary/aromatic N) is 1. The van der Waals surface area contributed by atoms with Crippen LogP contribution in [-0.4, -0.2) is 36.2 Å². The number of phenolic OH excluding ortho intramolecular Hbond substituents is 1. The molecule has 0 spiro atoms. The molecule has 2 N–H and O–H groups in total. The van der Waals surface area contributed by atoms with Crippen LogP contribution in [0.25, 0.3) is 0 Å². The van der Waals surface area contributed by atoms with Gasteiger partial charge in [0.1, 0.15) is 11.6 Å². The highest BCUT2D eigenvalue weighted by Crippen LogP contribution is 2.44. The van der Waals surface area contributed by atoms with Crippen molar-refractivity contribution in [2.75, 3.05) is 26.2 Å². The molecule has 1 saturated heterocycles. The van der Waals surface area contributed by atoms with Crippen molar-refractivity contribution >= 4 is 40.7 Å². The minimum atomic E-state index is -0.296. The Bertz CT molecular complexity index is 497. The number of halogens is 4. The molecule has 0 bridgehead atoms. The number of phenols is 1. The van der Waals surface area contributed by atoms with Gasteiger partial charge in [0.25, 0.3) is 0 Å². The van der Waals surface area contributed by atoms with Crippen molar-refractivity contribution in [2.24, 2.45) is 5.92 Å². The maximum absolute atomic E-state index is 14.3. The minimum absolute atomic E-state index is 0. The Labute approximate surface area is 151 Å². The van der Waals surface area contributed by atoms with E-state index in [1.54, 1.807) is 6.07 Å². The fraction of sp³-hybridized carbons (Fsp3) is 0.600. The maximum atomic E-state index is 14.3. The SMILES string of the molecule is Cl.Cl.Oc1c(Br)ccc(F)c1[C@H](CC1CC1)N1CCNCC1. The highest BCUT2D eigenvalue weighted by Gasteiger charge is 2.33. The summed E-state index contributed by atoms with van der Waals surface area (Å²) in [6.45, 7) is 3.67. The van der Waals surface area contributed by atoms with Crippen LogP contribution in [0, 0.1) is 11.7 Å². The van der Waals surface area contributed by atoms with E-state index in [1.807, 2.05) is 0 Å². The van der Waals surface area contributed by atoms with Crippen LogP contribution in [-0.2, 0) is 0 Å². The quantitative estimate of drug-likeness (QED) is 0.783. The van der Waals surface area contributed by atoms with Gasteiger partial charge in [-0.2, -0.15) is 0 Å². The first-order chi connectivity index (χ1) is 9.66. The molecule has 7 heteroatoms. The molecular formula is C15H22BrCl2FN2O. The van der Waals surface area contributed by atoms with Gasteiger partial charge in [-0.25, -0.2) is 4.39 Å². The van der Waals surface area contributed by atoms with Crippen molar-refractivity contribution in [3.05, 3.63) is 28.0 Å². The number of nitrogens with one attached hydrogen (secondary N) is 1. The smallest absolute Gasteiger partial charge is 0.137 e. The molecule has 2 aliphatic rings. The molecule has 2 fully saturated rings. The standard InChI is InChI=1S/C15H20BrFN2O.2ClH/c16-11-3-4-12(17)14(15(11)20)13(9-10-1-2-10)19-7-5-18-6-8-19;;/h3-4,10,13,18,20H,1-2,5-9H2;2*1H/t13-;;/m0../s1. The molecule has 1 aliphatic carbocycles. The van der Waals surface area contributed by atoms with E-state index < -0.39 is 0 Å². The number of hydrogen-bond acceptors (Lipinski definition) is 3. The number of rotatable bonds is 4. The van der Waals surface area contributed by atoms with Crippen LogP contribution in [0.2, 0.25) is 0 Å². The largest absolute Gasteiger partial charge is 0.506 e. The van der Waals surface area contributed by atoms with Crippen LogP contribution in [0.5, 0.6) is 5.75 Å². The van der Waals surface area contributed by atoms with Crippen LogP contribution in [0.15, 0.2) is 16.6 Å². The first-order valence-electron chi connectivity index (χ1n) is 7.28. The highest BCUT2D eigenvalue weighted by molar-refractivity contribution is 9.10. The molecule has 1 aliphatic heterocycles. The zero-order valence-corrected chi connectivity index (χ0v) is 15.4. The summed E-state index contributed by atoms with van der Waals surface area (Å²) in [5.74, 6) is 0.455. The van der Waals surface area contributed by atoms with Crippen LogP contribution in [0.4, 0.5) is 4.39 Å². The highest BCUT2D eigenvalue weighted by atomic mass is 79.9. The molecule has 1 aromatic carbocycles. The van der Waals surface area contributed by atoms with Gasteiger partial charge in [-0.15, -0.1) is 24.8 Å². The van der Waals surface area contributed by atoms with Gasteiger partial charge in [-0.1, -0.05) is 12.8 Å². The van der Waals surface area contributed by atoms with Gasteiger partial charge in [0.2, 0.25) is 0 Å². The summed E-state index contributed by atoms with van der Waals surface area (Å²) in [5, 5.41) is 13.6. The predicted molar refractivity (Wildman–Crippen MR) is 94.8 cm³/mol. The third kappa shape index (κ3) is 4.48. The molecular weight excluding hydrogens is 394 g/mol. The zero-order valence-electron chi connectivity index (χ0n) is 12.2. The second kappa shape index (κ2) is 8.69. The number of hydrogen-bond donors (Lipinski definition) is 2. The summed E-state index contributed by atoms with van der Waals surface area (Å²) in [7, 11) is 0. The Kier molecular flexibility index (Phi) is 7.89. The summed E-state index contributed by atoms with van der Waals surface area (Å²) in [4.78, 5) is 2.30. The molecule has 22 heavy (non-hydrogen) atoms. The van der Waals surface area contributed by atoms with E-state index in [0.29, 0.717) is 16.0 Å². The van der Waals surface area contributed by atoms with Crippen molar-refractivity contribution in [3.8, 4) is 5.75 Å². The summed E-state index contributed by atoms with van der Waals surface area (Å²) in [6.07, 6.45) is 3.42. The molecule has 3 nitrogen and oxygen atoms in total. The predicted octanol–water partition coefficient (Wildman–Crippen LogP) is 3.88. The first kappa shape index (κ1) is 20.0. The molecule has 0 amide bonds. The van der Waals surface area contributed by atoms with E-state index in [2.05, 4.69) is 26.1 Å². The molecule has 0 unspecified atom stereocenters. The summed E-state index contributed by atoms with van der Waals surface area (Å²) < 4.78 is 14.9. The molecule has 1 aromatic rings. The monoisotopic (exact) mass is 414 g/mol. The van der Waals surface area contributed by atoms with Gasteiger partial charge in [-0.3, -0.25) is 4.90 Å². The van der Waals surface area contributed by atoms with Crippen molar-refractivity contribution in [3.63, 3.8) is 0 Å². The third-order valence-electron chi connectivity index (χ3n) is 4.29. The number of benzene rings is 1. The second-order valence-electron chi connectivity index (χ2n) is 5.77. The maximum Gasteiger partial charge on any atom is 0.137 e. The van der Waals surface area contributed by atoms with Crippen molar-refractivity contribution in [2.45, 2.75) is 25.3 Å². The lowest BCUT2D eigenvalue weighted by Gasteiger charge is -2.36. The topological polar surface area (TPSA) is 35.5 Å². The molecule has 1 atom stereocenters. The van der Waals surface area contributed by atoms with E-state index in [0.717, 1.165) is 32.6 Å². The van der Waals surface area contributed by atoms with E-state index in [-0.39, 0.29) is 42.4 Å². The normalized spacial score (nSPS) is 19.9. The van der Waals surface area contributed by atoms with Gasteiger partial charge in [0.15, 0.2) is 0 Å². The van der Waals surface area contributed by atoms with Gasteiger partial charge in [0.05, 0.1) is 4.47 Å². The summed E-state index contributed by atoms with van der Waals surface area (Å²) >= 11 is 3.31. The third-order valence-corrected chi connectivity index (χ3v) is 4.93. The van der Waals surface area contributed by atoms with Crippen LogP contribution >= 0.6 is 40.7 Å². The van der Waals surface area contributed by atoms with E-state index in [4.69, 9.17) is 0 Å². The molecule has 3 rings (SSSR count). The van der Waals surface area contributed by atoms with Crippen LogP contribution in [0.1, 0.15) is 30.9 Å². The lowest BCUT2D eigenvalue weighted by molar-refractivity contribution is 0.154. The van der Waals surface area contributed by atoms with Gasteiger partial charge in [-0.05, 0) is 40.4 Å². The average Bonchev–Trinajstić information content (AvgIpc) is 3.27. The van der Waals surface area contributed by atoms with Crippen molar-refractivity contribution in [1.29, 1.82) is 0 Å². The number of aromatic hydroxyl groups is 1. The van der Waals surface area contributed by atoms with Crippen LogP contribution in [0.3, 0.4) is 0 Å². The van der Waals surface area contributed by atoms with Gasteiger partial charge >= 0.3 is 0 Å². The van der Waals surface area contributed by atoms with E-state index in [9.17, 15) is 9.50 Å². The molecule has 0 aromatic heterocycles. The van der Waals surface area contributed by atoms with E-state index >= 15 is 0 Å². The first-order valence-corrected chi connectivity index (χ1v) is 8.07. The molecule has 0 radical (unpaired) electrons. The van der Waals surface area contributed by atoms with Gasteiger partial charge in [0, 0.05) is 37.8 Å². The zero-order chi connectivity index (χ0) is 14.1. The Hall–Kier alpha value is -0.0700. The lowest BCUT2D eigenvalue weighted by Crippen LogP contribution is -2.45. The molecule has 126 valence electrons. The van der Waals surface area contributed by atoms with Gasteiger partial charge < -0.3 is 10.4 Å². The Morgan fingerprint density at radius 2 is 1.91 bits per heavy atom. The summed E-state index contributed by atoms with van der Waals surface area (Å²) in [5.41, 5.74) is 0.466. The molecule has 1 heterocycles. The lowest BCUT2D eigenvalue weighted by atomic mass is 9.97. The molecule has 1 saturated carbocycles. The minimum Gasteiger partial charge on any atom is -0.506 e. The van der Waals surface area contributed by atoms with Crippen molar-refractivity contribution < 1.29 is 9.50 Å². The van der Waals surface area contributed by atoms with E-state index in [1.165, 1.54) is 18.9 Å². The average molecular weight is 416 g/mol. The Morgan fingerprint density at radius 3 is 2.50 bits per heavy atom. The van der Waals surface area contributed by atoms with Crippen molar-refractivity contribution in [1.82, 2.24) is 10.2 Å². The number of piperazine rings is 1. The Balaban J connectivity index is 0.00000121. The Morgan fingerprint density at radius 1 is 1.27 bits per heavy atom. The summed E-state index contributed by atoms with van der Waals surface area (Å²) in [6, 6.07) is 3.00. The fourth-order valence-electron chi connectivity index (χ4n) is 2.99. The second-order valence-corrected chi connectivity index (χ2v) is 6.63. The fourth-order valence-corrected chi connectivity index (χ4v) is 3.33.